The van der Waals surface area contributed by atoms with Crippen molar-refractivity contribution in [3.8, 4) is 0 Å². The lowest BCUT2D eigenvalue weighted by Crippen LogP contribution is -2.59. The minimum absolute atomic E-state index is 0.0875. The zero-order valence-corrected chi connectivity index (χ0v) is 13.3. The predicted molar refractivity (Wildman–Crippen MR) is 86.4 cm³/mol. The molecule has 2 aliphatic rings. The molecule has 3 nitrogen and oxygen atoms in total. The van der Waals surface area contributed by atoms with Crippen molar-refractivity contribution in [2.24, 2.45) is 11.7 Å². The molecule has 1 saturated carbocycles. The Balaban J connectivity index is 1.85. The van der Waals surface area contributed by atoms with Crippen LogP contribution in [0.4, 0.5) is 0 Å². The standard InChI is InChI=1S/C18H28N2O/c1-14(15-7-8-15)20(9-10-21-2)18(13-19)11-16-5-3-4-6-17(16)12-18/h3-6,14-15H,7-13,19H2,1-2H3. The molecule has 1 atom stereocenters. The highest BCUT2D eigenvalue weighted by Gasteiger charge is 2.45. The van der Waals surface area contributed by atoms with Gasteiger partial charge in [0.25, 0.3) is 0 Å². The molecule has 1 aromatic rings. The Labute approximate surface area is 128 Å². The average molecular weight is 288 g/mol. The maximum Gasteiger partial charge on any atom is 0.0590 e. The average Bonchev–Trinajstić information content (AvgIpc) is 3.28. The van der Waals surface area contributed by atoms with Crippen LogP contribution in [0, 0.1) is 5.92 Å². The molecule has 0 bridgehead atoms. The molecular formula is C18H28N2O. The summed E-state index contributed by atoms with van der Waals surface area (Å²) in [5, 5.41) is 0. The Morgan fingerprint density at radius 3 is 2.38 bits per heavy atom. The van der Waals surface area contributed by atoms with Gasteiger partial charge in [-0.15, -0.1) is 0 Å². The van der Waals surface area contributed by atoms with Gasteiger partial charge < -0.3 is 10.5 Å². The van der Waals surface area contributed by atoms with Gasteiger partial charge in [0.1, 0.15) is 0 Å². The summed E-state index contributed by atoms with van der Waals surface area (Å²) in [5.74, 6) is 0.856. The molecule has 3 heteroatoms. The van der Waals surface area contributed by atoms with E-state index in [-0.39, 0.29) is 5.54 Å². The summed E-state index contributed by atoms with van der Waals surface area (Å²) in [6.07, 6.45) is 4.91. The SMILES string of the molecule is COCCN(C(C)C1CC1)C1(CN)Cc2ccccc2C1. The van der Waals surface area contributed by atoms with Crippen LogP contribution in [-0.4, -0.2) is 43.3 Å². The number of nitrogens with zero attached hydrogens (tertiary/aromatic N) is 1. The Morgan fingerprint density at radius 2 is 1.90 bits per heavy atom. The van der Waals surface area contributed by atoms with Crippen LogP contribution in [0.1, 0.15) is 30.9 Å². The summed E-state index contributed by atoms with van der Waals surface area (Å²) < 4.78 is 5.37. The largest absolute Gasteiger partial charge is 0.383 e. The number of ether oxygens (including phenoxy) is 1. The monoisotopic (exact) mass is 288 g/mol. The minimum Gasteiger partial charge on any atom is -0.383 e. The number of rotatable bonds is 7. The van der Waals surface area contributed by atoms with E-state index in [0.717, 1.165) is 38.5 Å². The molecule has 0 saturated heterocycles. The van der Waals surface area contributed by atoms with Gasteiger partial charge in [0.05, 0.1) is 6.61 Å². The fourth-order valence-corrected chi connectivity index (χ4v) is 4.03. The second-order valence-electron chi connectivity index (χ2n) is 6.81. The van der Waals surface area contributed by atoms with Crippen molar-refractivity contribution in [3.63, 3.8) is 0 Å². The van der Waals surface area contributed by atoms with Crippen molar-refractivity contribution in [1.29, 1.82) is 0 Å². The van der Waals surface area contributed by atoms with Crippen molar-refractivity contribution in [2.75, 3.05) is 26.8 Å². The minimum atomic E-state index is 0.0875. The topological polar surface area (TPSA) is 38.5 Å². The summed E-state index contributed by atoms with van der Waals surface area (Å²) >= 11 is 0. The van der Waals surface area contributed by atoms with E-state index in [1.165, 1.54) is 24.0 Å². The molecule has 0 aromatic heterocycles. The normalized spacial score (nSPS) is 21.5. The van der Waals surface area contributed by atoms with E-state index >= 15 is 0 Å². The molecule has 21 heavy (non-hydrogen) atoms. The van der Waals surface area contributed by atoms with Crippen molar-refractivity contribution >= 4 is 0 Å². The van der Waals surface area contributed by atoms with Crippen molar-refractivity contribution < 1.29 is 4.74 Å². The number of methoxy groups -OCH3 is 1. The van der Waals surface area contributed by atoms with Crippen LogP contribution in [0.15, 0.2) is 24.3 Å². The molecule has 116 valence electrons. The zero-order valence-electron chi connectivity index (χ0n) is 13.3. The predicted octanol–water partition coefficient (Wildman–Crippen LogP) is 2.23. The Morgan fingerprint density at radius 1 is 1.29 bits per heavy atom. The van der Waals surface area contributed by atoms with E-state index in [4.69, 9.17) is 10.5 Å². The molecule has 0 radical (unpaired) electrons. The molecule has 3 rings (SSSR count). The van der Waals surface area contributed by atoms with Gasteiger partial charge in [0, 0.05) is 31.8 Å². The van der Waals surface area contributed by atoms with E-state index in [2.05, 4.69) is 36.1 Å². The fraction of sp³-hybridized carbons (Fsp3) is 0.667. The molecule has 0 spiro atoms. The van der Waals surface area contributed by atoms with Gasteiger partial charge in [0.15, 0.2) is 0 Å². The van der Waals surface area contributed by atoms with Gasteiger partial charge in [-0.3, -0.25) is 4.90 Å². The Kier molecular flexibility index (Phi) is 4.34. The quantitative estimate of drug-likeness (QED) is 0.836. The van der Waals surface area contributed by atoms with Crippen LogP contribution >= 0.6 is 0 Å². The molecule has 0 amide bonds. The molecule has 2 N–H and O–H groups in total. The van der Waals surface area contributed by atoms with E-state index in [1.54, 1.807) is 7.11 Å². The summed E-state index contributed by atoms with van der Waals surface area (Å²) in [7, 11) is 1.79. The highest BCUT2D eigenvalue weighted by atomic mass is 16.5. The molecule has 1 unspecified atom stereocenters. The third-order valence-electron chi connectivity index (χ3n) is 5.48. The Bertz CT molecular complexity index is 459. The van der Waals surface area contributed by atoms with Crippen LogP contribution in [0.5, 0.6) is 0 Å². The van der Waals surface area contributed by atoms with E-state index in [1.807, 2.05) is 0 Å². The second kappa shape index (κ2) is 6.07. The van der Waals surface area contributed by atoms with Gasteiger partial charge >= 0.3 is 0 Å². The maximum atomic E-state index is 6.30. The first-order chi connectivity index (χ1) is 10.2. The summed E-state index contributed by atoms with van der Waals surface area (Å²) in [6, 6.07) is 9.44. The van der Waals surface area contributed by atoms with Gasteiger partial charge in [-0.25, -0.2) is 0 Å². The smallest absolute Gasteiger partial charge is 0.0590 e. The molecule has 0 aliphatic heterocycles. The zero-order chi connectivity index (χ0) is 14.9. The van der Waals surface area contributed by atoms with Crippen molar-refractivity contribution in [3.05, 3.63) is 35.4 Å². The summed E-state index contributed by atoms with van der Waals surface area (Å²) in [4.78, 5) is 2.66. The summed E-state index contributed by atoms with van der Waals surface area (Å²) in [6.45, 7) is 4.88. The van der Waals surface area contributed by atoms with E-state index < -0.39 is 0 Å². The highest BCUT2D eigenvalue weighted by molar-refractivity contribution is 5.37. The molecule has 1 fully saturated rings. The Hall–Kier alpha value is -0.900. The lowest BCUT2D eigenvalue weighted by molar-refractivity contribution is 0.0263. The van der Waals surface area contributed by atoms with Crippen LogP contribution in [-0.2, 0) is 17.6 Å². The fourth-order valence-electron chi connectivity index (χ4n) is 4.03. The van der Waals surface area contributed by atoms with Gasteiger partial charge in [-0.2, -0.15) is 0 Å². The van der Waals surface area contributed by atoms with E-state index in [9.17, 15) is 0 Å². The molecular weight excluding hydrogens is 260 g/mol. The third kappa shape index (κ3) is 2.87. The van der Waals surface area contributed by atoms with Crippen LogP contribution in [0.3, 0.4) is 0 Å². The van der Waals surface area contributed by atoms with Gasteiger partial charge in [-0.1, -0.05) is 24.3 Å². The number of benzene rings is 1. The number of hydrogen-bond acceptors (Lipinski definition) is 3. The number of nitrogens with two attached hydrogens (primary N) is 1. The third-order valence-corrected chi connectivity index (χ3v) is 5.48. The van der Waals surface area contributed by atoms with Crippen molar-refractivity contribution in [1.82, 2.24) is 4.90 Å². The first-order valence-electron chi connectivity index (χ1n) is 8.23. The molecule has 0 heterocycles. The van der Waals surface area contributed by atoms with Crippen LogP contribution < -0.4 is 5.73 Å². The second-order valence-corrected chi connectivity index (χ2v) is 6.81. The number of fused-ring (bicyclic) bond motifs is 1. The lowest BCUT2D eigenvalue weighted by Gasteiger charge is -2.44. The van der Waals surface area contributed by atoms with Crippen molar-refractivity contribution in [2.45, 2.75) is 44.2 Å². The summed E-state index contributed by atoms with van der Waals surface area (Å²) in [5.41, 5.74) is 9.34. The molecule has 1 aromatic carbocycles. The first kappa shape index (κ1) is 15.0. The van der Waals surface area contributed by atoms with E-state index in [0.29, 0.717) is 6.04 Å². The number of hydrogen-bond donors (Lipinski definition) is 1. The van der Waals surface area contributed by atoms with Crippen LogP contribution in [0.25, 0.3) is 0 Å². The molecule has 2 aliphatic carbocycles. The lowest BCUT2D eigenvalue weighted by atomic mass is 9.90. The maximum absolute atomic E-state index is 6.30. The van der Waals surface area contributed by atoms with Gasteiger partial charge in [-0.05, 0) is 49.7 Å². The first-order valence-corrected chi connectivity index (χ1v) is 8.23. The van der Waals surface area contributed by atoms with Gasteiger partial charge in [0.2, 0.25) is 0 Å². The van der Waals surface area contributed by atoms with Crippen LogP contribution in [0.2, 0.25) is 0 Å². The highest BCUT2D eigenvalue weighted by Crippen LogP contribution is 2.41.